The van der Waals surface area contributed by atoms with E-state index in [1.54, 1.807) is 24.3 Å². The van der Waals surface area contributed by atoms with Crippen LogP contribution < -0.4 is 16.4 Å². The number of fused-ring (bicyclic) bond motifs is 1. The maximum atomic E-state index is 13.3. The SMILES string of the molecule is CC(C)(C)OC(=O)NCC1CCC(CNC(=O)c2cc(-c3cccc(C(N)=O)c3)nc3ccccc23)CC1. The Labute approximate surface area is 223 Å². The maximum Gasteiger partial charge on any atom is 0.407 e. The van der Waals surface area contributed by atoms with Crippen LogP contribution in [0, 0.1) is 11.8 Å². The molecule has 0 saturated heterocycles. The summed E-state index contributed by atoms with van der Waals surface area (Å²) in [6, 6.07) is 16.3. The lowest BCUT2D eigenvalue weighted by molar-refractivity contribution is 0.0512. The summed E-state index contributed by atoms with van der Waals surface area (Å²) in [6.45, 7) is 6.75. The van der Waals surface area contributed by atoms with Gasteiger partial charge < -0.3 is 21.1 Å². The van der Waals surface area contributed by atoms with Crippen LogP contribution in [0.15, 0.2) is 54.6 Å². The molecule has 0 atom stereocenters. The van der Waals surface area contributed by atoms with Gasteiger partial charge in [-0.3, -0.25) is 9.59 Å². The number of pyridine rings is 1. The zero-order valence-corrected chi connectivity index (χ0v) is 22.3. The Balaban J connectivity index is 1.38. The summed E-state index contributed by atoms with van der Waals surface area (Å²) in [5.41, 5.74) is 7.92. The Hall–Kier alpha value is -3.94. The van der Waals surface area contributed by atoms with Crippen LogP contribution in [0.1, 0.15) is 67.2 Å². The molecule has 4 rings (SSSR count). The van der Waals surface area contributed by atoms with E-state index in [1.807, 2.05) is 51.1 Å². The molecular formula is C30H36N4O4. The summed E-state index contributed by atoms with van der Waals surface area (Å²) < 4.78 is 5.32. The number of benzene rings is 2. The van der Waals surface area contributed by atoms with Gasteiger partial charge in [0.25, 0.3) is 5.91 Å². The fraction of sp³-hybridized carbons (Fsp3) is 0.400. The van der Waals surface area contributed by atoms with E-state index in [4.69, 9.17) is 15.5 Å². The van der Waals surface area contributed by atoms with Gasteiger partial charge in [0.05, 0.1) is 16.8 Å². The second-order valence-corrected chi connectivity index (χ2v) is 11.0. The van der Waals surface area contributed by atoms with Gasteiger partial charge in [0.15, 0.2) is 0 Å². The molecule has 3 aromatic rings. The number of nitrogens with two attached hydrogens (primary N) is 1. The molecule has 1 aromatic heterocycles. The van der Waals surface area contributed by atoms with E-state index in [9.17, 15) is 14.4 Å². The third-order valence-electron chi connectivity index (χ3n) is 6.86. The number of primary amides is 1. The molecule has 0 spiro atoms. The molecule has 2 aromatic carbocycles. The number of carbonyl (C=O) groups is 3. The predicted molar refractivity (Wildman–Crippen MR) is 148 cm³/mol. The number of alkyl carbamates (subject to hydrolysis) is 1. The number of hydrogen-bond acceptors (Lipinski definition) is 5. The van der Waals surface area contributed by atoms with Gasteiger partial charge in [-0.25, -0.2) is 9.78 Å². The molecule has 4 N–H and O–H groups in total. The van der Waals surface area contributed by atoms with E-state index < -0.39 is 11.5 Å². The summed E-state index contributed by atoms with van der Waals surface area (Å²) in [4.78, 5) is 41.7. The molecule has 8 nitrogen and oxygen atoms in total. The molecule has 0 radical (unpaired) electrons. The van der Waals surface area contributed by atoms with E-state index in [0.717, 1.165) is 36.6 Å². The number of carbonyl (C=O) groups excluding carboxylic acids is 3. The Morgan fingerprint density at radius 3 is 2.24 bits per heavy atom. The number of nitrogens with one attached hydrogen (secondary N) is 2. The number of para-hydroxylation sites is 1. The lowest BCUT2D eigenvalue weighted by atomic mass is 9.82. The fourth-order valence-electron chi connectivity index (χ4n) is 4.86. The van der Waals surface area contributed by atoms with Crippen LogP contribution in [0.2, 0.25) is 0 Å². The first-order valence-corrected chi connectivity index (χ1v) is 13.1. The van der Waals surface area contributed by atoms with Crippen molar-refractivity contribution in [2.75, 3.05) is 13.1 Å². The van der Waals surface area contributed by atoms with Crippen LogP contribution in [-0.2, 0) is 4.74 Å². The van der Waals surface area contributed by atoms with Gasteiger partial charge in [-0.05, 0) is 82.6 Å². The Morgan fingerprint density at radius 1 is 0.921 bits per heavy atom. The summed E-state index contributed by atoms with van der Waals surface area (Å²) in [6.07, 6.45) is 3.59. The van der Waals surface area contributed by atoms with Crippen molar-refractivity contribution in [1.29, 1.82) is 0 Å². The van der Waals surface area contributed by atoms with Crippen molar-refractivity contribution in [2.45, 2.75) is 52.1 Å². The van der Waals surface area contributed by atoms with E-state index in [2.05, 4.69) is 10.6 Å². The molecule has 1 aliphatic rings. The predicted octanol–water partition coefficient (Wildman–Crippen LogP) is 5.06. The third kappa shape index (κ3) is 7.09. The van der Waals surface area contributed by atoms with E-state index in [0.29, 0.717) is 47.3 Å². The van der Waals surface area contributed by atoms with Gasteiger partial charge in [0, 0.05) is 29.6 Å². The van der Waals surface area contributed by atoms with E-state index in [1.165, 1.54) is 0 Å². The first-order valence-electron chi connectivity index (χ1n) is 13.1. The third-order valence-corrected chi connectivity index (χ3v) is 6.86. The highest BCUT2D eigenvalue weighted by Crippen LogP contribution is 2.29. The molecule has 3 amide bonds. The lowest BCUT2D eigenvalue weighted by Crippen LogP contribution is -2.37. The summed E-state index contributed by atoms with van der Waals surface area (Å²) in [7, 11) is 0. The highest BCUT2D eigenvalue weighted by atomic mass is 16.6. The average Bonchev–Trinajstić information content (AvgIpc) is 2.89. The van der Waals surface area contributed by atoms with Gasteiger partial charge in [0.2, 0.25) is 5.91 Å². The largest absolute Gasteiger partial charge is 0.444 e. The lowest BCUT2D eigenvalue weighted by Gasteiger charge is -2.29. The van der Waals surface area contributed by atoms with Crippen molar-refractivity contribution in [2.24, 2.45) is 17.6 Å². The molecule has 1 saturated carbocycles. The topological polar surface area (TPSA) is 123 Å². The van der Waals surface area contributed by atoms with E-state index >= 15 is 0 Å². The highest BCUT2D eigenvalue weighted by Gasteiger charge is 2.24. The van der Waals surface area contributed by atoms with Crippen molar-refractivity contribution in [3.63, 3.8) is 0 Å². The standard InChI is InChI=1S/C30H36N4O4/c1-30(2,3)38-29(37)33-18-20-13-11-19(12-14-20)17-32-28(36)24-16-26(34-25-10-5-4-9-23(24)25)21-7-6-8-22(15-21)27(31)35/h4-10,15-16,19-20H,11-14,17-18H2,1-3H3,(H2,31,35)(H,32,36)(H,33,37). The molecule has 0 aliphatic heterocycles. The minimum absolute atomic E-state index is 0.148. The number of aromatic nitrogens is 1. The zero-order valence-electron chi connectivity index (χ0n) is 22.3. The van der Waals surface area contributed by atoms with Crippen LogP contribution in [0.3, 0.4) is 0 Å². The number of hydrogen-bond donors (Lipinski definition) is 3. The van der Waals surface area contributed by atoms with Gasteiger partial charge in [-0.15, -0.1) is 0 Å². The molecule has 200 valence electrons. The van der Waals surface area contributed by atoms with Crippen LogP contribution in [0.5, 0.6) is 0 Å². The number of ether oxygens (including phenoxy) is 1. The number of amides is 3. The minimum Gasteiger partial charge on any atom is -0.444 e. The van der Waals surface area contributed by atoms with Gasteiger partial charge >= 0.3 is 6.09 Å². The molecule has 1 fully saturated rings. The molecule has 1 aliphatic carbocycles. The van der Waals surface area contributed by atoms with Gasteiger partial charge in [-0.1, -0.05) is 30.3 Å². The van der Waals surface area contributed by atoms with Gasteiger partial charge in [0.1, 0.15) is 5.60 Å². The summed E-state index contributed by atoms with van der Waals surface area (Å²) in [5.74, 6) is 0.138. The second kappa shape index (κ2) is 11.6. The first-order chi connectivity index (χ1) is 18.1. The first kappa shape index (κ1) is 27.1. The monoisotopic (exact) mass is 516 g/mol. The molecule has 1 heterocycles. The van der Waals surface area contributed by atoms with Crippen molar-refractivity contribution < 1.29 is 19.1 Å². The Kier molecular flexibility index (Phi) is 8.29. The quantitative estimate of drug-likeness (QED) is 0.405. The van der Waals surface area contributed by atoms with Crippen LogP contribution in [0.4, 0.5) is 4.79 Å². The fourth-order valence-corrected chi connectivity index (χ4v) is 4.86. The highest BCUT2D eigenvalue weighted by molar-refractivity contribution is 6.07. The Morgan fingerprint density at radius 2 is 1.58 bits per heavy atom. The second-order valence-electron chi connectivity index (χ2n) is 11.0. The summed E-state index contributed by atoms with van der Waals surface area (Å²) >= 11 is 0. The van der Waals surface area contributed by atoms with E-state index in [-0.39, 0.29) is 12.0 Å². The molecule has 38 heavy (non-hydrogen) atoms. The summed E-state index contributed by atoms with van der Waals surface area (Å²) in [5, 5.41) is 6.78. The normalized spacial score (nSPS) is 17.6. The molecule has 8 heteroatoms. The van der Waals surface area contributed by atoms with Crippen molar-refractivity contribution in [3.8, 4) is 11.3 Å². The number of rotatable bonds is 7. The Bertz CT molecular complexity index is 1320. The number of nitrogens with zero attached hydrogens (tertiary/aromatic N) is 1. The molecular weight excluding hydrogens is 480 g/mol. The zero-order chi connectivity index (χ0) is 27.3. The van der Waals surface area contributed by atoms with Crippen molar-refractivity contribution >= 4 is 28.8 Å². The van der Waals surface area contributed by atoms with Crippen molar-refractivity contribution in [1.82, 2.24) is 15.6 Å². The molecule has 0 bridgehead atoms. The van der Waals surface area contributed by atoms with Crippen molar-refractivity contribution in [3.05, 3.63) is 65.7 Å². The van der Waals surface area contributed by atoms with Crippen LogP contribution >= 0.6 is 0 Å². The average molecular weight is 517 g/mol. The molecule has 0 unspecified atom stereocenters. The smallest absolute Gasteiger partial charge is 0.407 e. The van der Waals surface area contributed by atoms with Gasteiger partial charge in [-0.2, -0.15) is 0 Å². The minimum atomic E-state index is -0.513. The van der Waals surface area contributed by atoms with Crippen LogP contribution in [0.25, 0.3) is 22.2 Å². The maximum absolute atomic E-state index is 13.3. The van der Waals surface area contributed by atoms with Crippen LogP contribution in [-0.4, -0.2) is 41.6 Å².